The van der Waals surface area contributed by atoms with Crippen LogP contribution in [0.1, 0.15) is 46.1 Å². The van der Waals surface area contributed by atoms with Crippen molar-refractivity contribution in [1.82, 2.24) is 19.9 Å². The molecule has 0 atom stereocenters. The summed E-state index contributed by atoms with van der Waals surface area (Å²) < 4.78 is 6.48. The Kier molecular flexibility index (Phi) is 5.70. The number of hydrogen-bond donors (Lipinski definition) is 1. The molecule has 0 unspecified atom stereocenters. The third-order valence-corrected chi connectivity index (χ3v) is 5.28. The number of nitrogens with zero attached hydrogens (tertiary/aromatic N) is 4. The minimum absolute atomic E-state index is 0.278. The molecule has 160 valence electrons. The molecule has 1 fully saturated rings. The van der Waals surface area contributed by atoms with Crippen molar-refractivity contribution in [3.63, 3.8) is 0 Å². The Hall–Kier alpha value is -3.68. The summed E-state index contributed by atoms with van der Waals surface area (Å²) in [5.41, 5.74) is 4.86. The maximum absolute atomic E-state index is 13.0. The summed E-state index contributed by atoms with van der Waals surface area (Å²) in [6, 6.07) is 15.3. The van der Waals surface area contributed by atoms with Crippen molar-refractivity contribution < 1.29 is 14.3 Å². The van der Waals surface area contributed by atoms with Gasteiger partial charge in [0, 0.05) is 25.2 Å². The maximum atomic E-state index is 13.0. The maximum Gasteiger partial charge on any atom is 0.409 e. The lowest BCUT2D eigenvalue weighted by atomic mass is 10.1. The van der Waals surface area contributed by atoms with E-state index >= 15 is 0 Å². The van der Waals surface area contributed by atoms with Crippen molar-refractivity contribution in [2.24, 2.45) is 0 Å². The first kappa shape index (κ1) is 20.6. The molecule has 0 bridgehead atoms. The van der Waals surface area contributed by atoms with Crippen LogP contribution >= 0.6 is 0 Å². The van der Waals surface area contributed by atoms with Crippen LogP contribution in [-0.2, 0) is 11.3 Å². The molecule has 2 aromatic carbocycles. The Bertz CT molecular complexity index is 1090. The van der Waals surface area contributed by atoms with Crippen LogP contribution in [0.25, 0.3) is 5.69 Å². The molecule has 0 saturated heterocycles. The van der Waals surface area contributed by atoms with Crippen molar-refractivity contribution in [3.05, 3.63) is 71.0 Å². The number of anilines is 1. The number of hydrogen-bond acceptors (Lipinski definition) is 5. The second-order valence-corrected chi connectivity index (χ2v) is 7.82. The zero-order chi connectivity index (χ0) is 22.0. The van der Waals surface area contributed by atoms with Crippen molar-refractivity contribution in [2.45, 2.75) is 32.2 Å². The van der Waals surface area contributed by atoms with E-state index in [1.807, 2.05) is 43.3 Å². The summed E-state index contributed by atoms with van der Waals surface area (Å²) in [4.78, 5) is 26.0. The molecule has 0 spiro atoms. The van der Waals surface area contributed by atoms with Gasteiger partial charge in [-0.2, -0.15) is 0 Å². The lowest BCUT2D eigenvalue weighted by molar-refractivity contribution is 0.102. The number of ether oxygens (including phenoxy) is 1. The van der Waals surface area contributed by atoms with Gasteiger partial charge in [0.1, 0.15) is 0 Å². The summed E-state index contributed by atoms with van der Waals surface area (Å²) >= 11 is 0. The Balaban J connectivity index is 1.50. The third-order valence-electron chi connectivity index (χ3n) is 5.28. The molecule has 1 aromatic heterocycles. The fourth-order valence-corrected chi connectivity index (χ4v) is 3.43. The Morgan fingerprint density at radius 3 is 2.42 bits per heavy atom. The minimum atomic E-state index is -0.401. The van der Waals surface area contributed by atoms with Gasteiger partial charge in [-0.1, -0.05) is 35.0 Å². The van der Waals surface area contributed by atoms with Gasteiger partial charge in [-0.3, -0.25) is 4.79 Å². The van der Waals surface area contributed by atoms with Crippen LogP contribution < -0.4 is 5.32 Å². The summed E-state index contributed by atoms with van der Waals surface area (Å²) in [6.45, 7) is 2.45. The fraction of sp³-hybridized carbons (Fsp3) is 0.304. The predicted octanol–water partition coefficient (Wildman–Crippen LogP) is 3.90. The van der Waals surface area contributed by atoms with Crippen LogP contribution in [-0.4, -0.2) is 46.1 Å². The fourth-order valence-electron chi connectivity index (χ4n) is 3.43. The summed E-state index contributed by atoms with van der Waals surface area (Å²) in [6.07, 6.45) is 1.66. The molecule has 1 aliphatic carbocycles. The molecule has 1 saturated carbocycles. The average Bonchev–Trinajstić information content (AvgIpc) is 3.52. The van der Waals surface area contributed by atoms with E-state index < -0.39 is 6.09 Å². The average molecular weight is 419 g/mol. The molecule has 1 heterocycles. The van der Waals surface area contributed by atoms with Crippen LogP contribution in [0.3, 0.4) is 0 Å². The number of amides is 2. The number of carbonyl (C=O) groups excluding carboxylic acids is 2. The van der Waals surface area contributed by atoms with Gasteiger partial charge in [-0.25, -0.2) is 9.48 Å². The summed E-state index contributed by atoms with van der Waals surface area (Å²) in [7, 11) is 3.01. The molecule has 2 amide bonds. The lowest BCUT2D eigenvalue weighted by Crippen LogP contribution is -2.25. The number of aromatic nitrogens is 3. The molecule has 8 heteroatoms. The van der Waals surface area contributed by atoms with E-state index in [1.54, 1.807) is 23.9 Å². The van der Waals surface area contributed by atoms with Gasteiger partial charge in [-0.05, 0) is 49.6 Å². The summed E-state index contributed by atoms with van der Waals surface area (Å²) in [5, 5.41) is 11.4. The van der Waals surface area contributed by atoms with Crippen LogP contribution in [0, 0.1) is 6.92 Å². The first-order valence-corrected chi connectivity index (χ1v) is 10.2. The Morgan fingerprint density at radius 2 is 1.81 bits per heavy atom. The number of nitrogens with one attached hydrogen (secondary N) is 1. The highest BCUT2D eigenvalue weighted by Crippen LogP contribution is 2.42. The van der Waals surface area contributed by atoms with E-state index in [0.717, 1.165) is 35.3 Å². The largest absolute Gasteiger partial charge is 0.453 e. The van der Waals surface area contributed by atoms with Gasteiger partial charge >= 0.3 is 6.09 Å². The first-order valence-electron chi connectivity index (χ1n) is 10.2. The number of rotatable bonds is 6. The standard InChI is InChI=1S/C23H25N5O3/c1-15-4-12-19(13-5-15)28-21(17-8-9-17)20(25-26-28)22(29)24-18-10-6-16(7-11-18)14-27(2)23(30)31-3/h4-7,10-13,17H,8-9,14H2,1-3H3,(H,24,29). The smallest absolute Gasteiger partial charge is 0.409 e. The number of aryl methyl sites for hydroxylation is 1. The molecular formula is C23H25N5O3. The predicted molar refractivity (Wildman–Crippen MR) is 116 cm³/mol. The van der Waals surface area contributed by atoms with Crippen molar-refractivity contribution in [2.75, 3.05) is 19.5 Å². The topological polar surface area (TPSA) is 89.3 Å². The van der Waals surface area contributed by atoms with Gasteiger partial charge in [0.05, 0.1) is 18.5 Å². The Labute approximate surface area is 180 Å². The van der Waals surface area contributed by atoms with E-state index in [9.17, 15) is 9.59 Å². The van der Waals surface area contributed by atoms with E-state index in [4.69, 9.17) is 4.74 Å². The normalized spacial score (nSPS) is 13.0. The van der Waals surface area contributed by atoms with E-state index in [1.165, 1.54) is 12.0 Å². The van der Waals surface area contributed by atoms with Gasteiger partial charge < -0.3 is 15.0 Å². The van der Waals surface area contributed by atoms with Gasteiger partial charge in [0.15, 0.2) is 5.69 Å². The first-order chi connectivity index (χ1) is 15.0. The van der Waals surface area contributed by atoms with Crippen LogP contribution in [0.5, 0.6) is 0 Å². The molecular weight excluding hydrogens is 394 g/mol. The number of benzene rings is 2. The molecule has 1 aliphatic rings. The third kappa shape index (κ3) is 4.58. The number of carbonyl (C=O) groups is 2. The van der Waals surface area contributed by atoms with Crippen LogP contribution in [0.2, 0.25) is 0 Å². The molecule has 31 heavy (non-hydrogen) atoms. The van der Waals surface area contributed by atoms with Gasteiger partial charge in [0.25, 0.3) is 5.91 Å². The highest BCUT2D eigenvalue weighted by Gasteiger charge is 2.34. The summed E-state index contributed by atoms with van der Waals surface area (Å²) in [5.74, 6) is 0.0213. The zero-order valence-corrected chi connectivity index (χ0v) is 17.8. The monoisotopic (exact) mass is 419 g/mol. The van der Waals surface area contributed by atoms with Crippen molar-refractivity contribution in [1.29, 1.82) is 0 Å². The van der Waals surface area contributed by atoms with Gasteiger partial charge in [-0.15, -0.1) is 5.10 Å². The van der Waals surface area contributed by atoms with E-state index in [-0.39, 0.29) is 5.91 Å². The zero-order valence-electron chi connectivity index (χ0n) is 17.8. The molecule has 8 nitrogen and oxygen atoms in total. The molecule has 1 N–H and O–H groups in total. The van der Waals surface area contributed by atoms with Crippen LogP contribution in [0.15, 0.2) is 48.5 Å². The Morgan fingerprint density at radius 1 is 1.13 bits per heavy atom. The second kappa shape index (κ2) is 8.59. The number of methoxy groups -OCH3 is 1. The van der Waals surface area contributed by atoms with Crippen LogP contribution in [0.4, 0.5) is 10.5 Å². The quantitative estimate of drug-likeness (QED) is 0.654. The molecule has 0 aliphatic heterocycles. The second-order valence-electron chi connectivity index (χ2n) is 7.82. The molecule has 0 radical (unpaired) electrons. The van der Waals surface area contributed by atoms with Crippen molar-refractivity contribution in [3.8, 4) is 5.69 Å². The highest BCUT2D eigenvalue weighted by molar-refractivity contribution is 6.03. The molecule has 4 rings (SSSR count). The SMILES string of the molecule is COC(=O)N(C)Cc1ccc(NC(=O)c2nnn(-c3ccc(C)cc3)c2C2CC2)cc1. The van der Waals surface area contributed by atoms with Gasteiger partial charge in [0.2, 0.25) is 0 Å². The van der Waals surface area contributed by atoms with E-state index in [0.29, 0.717) is 23.8 Å². The van der Waals surface area contributed by atoms with Crippen molar-refractivity contribution >= 4 is 17.7 Å². The van der Waals surface area contributed by atoms with E-state index in [2.05, 4.69) is 15.6 Å². The lowest BCUT2D eigenvalue weighted by Gasteiger charge is -2.15. The molecule has 3 aromatic rings. The highest BCUT2D eigenvalue weighted by atomic mass is 16.5. The minimum Gasteiger partial charge on any atom is -0.453 e.